The van der Waals surface area contributed by atoms with Gasteiger partial charge >= 0.3 is 5.97 Å². The Labute approximate surface area is 187 Å². The van der Waals surface area contributed by atoms with Gasteiger partial charge in [-0.2, -0.15) is 9.40 Å². The highest BCUT2D eigenvalue weighted by Crippen LogP contribution is 2.25. The van der Waals surface area contributed by atoms with Gasteiger partial charge in [-0.1, -0.05) is 19.8 Å². The topological polar surface area (TPSA) is 110 Å². The smallest absolute Gasteiger partial charge is 0.359 e. The molecule has 1 fully saturated rings. The Hall–Kier alpha value is -2.72. The van der Waals surface area contributed by atoms with Crippen LogP contribution in [0.15, 0.2) is 29.2 Å². The number of carbonyl (C=O) groups excluding carboxylic acids is 1. The number of esters is 1. The highest BCUT2D eigenvalue weighted by molar-refractivity contribution is 7.89. The zero-order valence-corrected chi connectivity index (χ0v) is 19.3. The molecule has 1 aliphatic rings. The lowest BCUT2D eigenvalue weighted by Crippen LogP contribution is -2.35. The van der Waals surface area contributed by atoms with Crippen molar-refractivity contribution in [1.29, 1.82) is 0 Å². The van der Waals surface area contributed by atoms with E-state index in [1.165, 1.54) is 0 Å². The third-order valence-corrected chi connectivity index (χ3v) is 7.65. The Kier molecular flexibility index (Phi) is 6.61. The summed E-state index contributed by atoms with van der Waals surface area (Å²) in [6.45, 7) is 5.72. The quantitative estimate of drug-likeness (QED) is 0.518. The molecule has 2 aromatic heterocycles. The summed E-state index contributed by atoms with van der Waals surface area (Å²) in [5.41, 5.74) is 2.51. The Morgan fingerprint density at radius 3 is 2.66 bits per heavy atom. The fraction of sp³-hybridized carbons (Fsp3) is 0.500. The molecule has 0 saturated carbocycles. The number of H-pyrrole nitrogens is 1. The number of piperidine rings is 1. The zero-order chi connectivity index (χ0) is 22.7. The fourth-order valence-electron chi connectivity index (χ4n) is 4.10. The van der Waals surface area contributed by atoms with Crippen LogP contribution in [-0.4, -0.2) is 51.5 Å². The van der Waals surface area contributed by atoms with Gasteiger partial charge in [-0.25, -0.2) is 18.2 Å². The molecule has 4 rings (SSSR count). The van der Waals surface area contributed by atoms with Crippen LogP contribution in [0.1, 0.15) is 61.5 Å². The van der Waals surface area contributed by atoms with Gasteiger partial charge in [-0.3, -0.25) is 5.10 Å². The summed E-state index contributed by atoms with van der Waals surface area (Å²) in [4.78, 5) is 17.2. The van der Waals surface area contributed by atoms with E-state index in [2.05, 4.69) is 22.1 Å². The largest absolute Gasteiger partial charge is 0.453 e. The molecule has 0 amide bonds. The van der Waals surface area contributed by atoms with Gasteiger partial charge in [0.2, 0.25) is 10.0 Å². The first-order valence-corrected chi connectivity index (χ1v) is 12.6. The monoisotopic (exact) mass is 459 g/mol. The van der Waals surface area contributed by atoms with Crippen molar-refractivity contribution in [3.8, 4) is 0 Å². The summed E-state index contributed by atoms with van der Waals surface area (Å²) < 4.78 is 35.0. The number of benzene rings is 1. The van der Waals surface area contributed by atoms with E-state index in [0.717, 1.165) is 43.3 Å². The van der Waals surface area contributed by atoms with Crippen molar-refractivity contribution in [2.45, 2.75) is 64.0 Å². The minimum Gasteiger partial charge on any atom is -0.453 e. The third-order valence-electron chi connectivity index (χ3n) is 5.76. The molecular weight excluding hydrogens is 430 g/mol. The van der Waals surface area contributed by atoms with Crippen molar-refractivity contribution in [2.24, 2.45) is 0 Å². The number of ether oxygens (including phenoxy) is 1. The maximum absolute atomic E-state index is 13.0. The van der Waals surface area contributed by atoms with E-state index in [1.54, 1.807) is 28.6 Å². The first kappa shape index (κ1) is 22.5. The normalized spacial score (nSPS) is 15.3. The third kappa shape index (κ3) is 4.42. The van der Waals surface area contributed by atoms with Crippen LogP contribution in [-0.2, 0) is 34.3 Å². The van der Waals surface area contributed by atoms with Gasteiger partial charge in [0.15, 0.2) is 5.69 Å². The molecule has 3 aromatic rings. The molecule has 0 unspecified atom stereocenters. The lowest BCUT2D eigenvalue weighted by atomic mass is 10.2. The molecule has 1 saturated heterocycles. The van der Waals surface area contributed by atoms with Crippen molar-refractivity contribution in [3.05, 3.63) is 41.5 Å². The molecular formula is C22H29N5O4S. The molecule has 0 aliphatic carbocycles. The summed E-state index contributed by atoms with van der Waals surface area (Å²) in [7, 11) is -3.54. The lowest BCUT2D eigenvalue weighted by molar-refractivity contribution is 0.0451. The van der Waals surface area contributed by atoms with Gasteiger partial charge in [0, 0.05) is 25.3 Å². The van der Waals surface area contributed by atoms with Gasteiger partial charge < -0.3 is 9.30 Å². The van der Waals surface area contributed by atoms with Gasteiger partial charge in [0.25, 0.3) is 0 Å². The van der Waals surface area contributed by atoms with E-state index in [-0.39, 0.29) is 17.2 Å². The van der Waals surface area contributed by atoms with Crippen LogP contribution in [0, 0.1) is 0 Å². The number of aromatic amines is 1. The maximum atomic E-state index is 13.0. The van der Waals surface area contributed by atoms with Crippen molar-refractivity contribution in [2.75, 3.05) is 13.1 Å². The molecule has 1 aromatic carbocycles. The number of hydrogen-bond donors (Lipinski definition) is 1. The number of carbonyl (C=O) groups is 1. The van der Waals surface area contributed by atoms with Crippen LogP contribution < -0.4 is 0 Å². The van der Waals surface area contributed by atoms with E-state index in [4.69, 9.17) is 4.74 Å². The second-order valence-corrected chi connectivity index (χ2v) is 9.93. The second-order valence-electron chi connectivity index (χ2n) is 7.99. The number of rotatable bonds is 8. The first-order valence-electron chi connectivity index (χ1n) is 11.1. The minimum atomic E-state index is -3.54. The molecule has 0 spiro atoms. The van der Waals surface area contributed by atoms with Gasteiger partial charge in [0.1, 0.15) is 12.4 Å². The number of nitrogens with zero attached hydrogens (tertiary/aromatic N) is 4. The van der Waals surface area contributed by atoms with Crippen LogP contribution in [0.25, 0.3) is 11.0 Å². The summed E-state index contributed by atoms with van der Waals surface area (Å²) in [5.74, 6) is 0.0411. The number of fused-ring (bicyclic) bond motifs is 1. The summed E-state index contributed by atoms with van der Waals surface area (Å²) in [5, 5.41) is 6.86. The highest BCUT2D eigenvalue weighted by Gasteiger charge is 2.27. The van der Waals surface area contributed by atoms with E-state index in [1.807, 2.05) is 11.5 Å². The Morgan fingerprint density at radius 1 is 1.16 bits per heavy atom. The standard InChI is InChI=1S/C22H29N5O4S/c1-3-8-16-13-19(25-24-16)22(28)31-15-21-23-18-14-17(9-10-20(18)27(21)4-2)32(29,30)26-11-6-5-7-12-26/h9-10,13-14H,3-8,11-12,15H2,1-2H3,(H,24,25). The second kappa shape index (κ2) is 9.41. The van der Waals surface area contributed by atoms with Crippen LogP contribution in [0.3, 0.4) is 0 Å². The van der Waals surface area contributed by atoms with E-state index in [0.29, 0.717) is 31.0 Å². The predicted molar refractivity (Wildman–Crippen MR) is 120 cm³/mol. The molecule has 0 atom stereocenters. The molecule has 9 nitrogen and oxygen atoms in total. The van der Waals surface area contributed by atoms with Gasteiger partial charge in [-0.15, -0.1) is 0 Å². The van der Waals surface area contributed by atoms with Crippen LogP contribution in [0.4, 0.5) is 0 Å². The Balaban J connectivity index is 1.55. The number of aryl methyl sites for hydroxylation is 2. The number of aromatic nitrogens is 4. The van der Waals surface area contributed by atoms with Crippen molar-refractivity contribution >= 4 is 27.0 Å². The SMILES string of the molecule is CCCc1cc(C(=O)OCc2nc3cc(S(=O)(=O)N4CCCCC4)ccc3n2CC)n[nH]1. The molecule has 172 valence electrons. The fourth-order valence-corrected chi connectivity index (χ4v) is 5.64. The summed E-state index contributed by atoms with van der Waals surface area (Å²) in [6, 6.07) is 6.72. The maximum Gasteiger partial charge on any atom is 0.359 e. The summed E-state index contributed by atoms with van der Waals surface area (Å²) in [6.07, 6.45) is 4.60. The summed E-state index contributed by atoms with van der Waals surface area (Å²) >= 11 is 0. The zero-order valence-electron chi connectivity index (χ0n) is 18.5. The van der Waals surface area contributed by atoms with Crippen molar-refractivity contribution in [1.82, 2.24) is 24.1 Å². The predicted octanol–water partition coefficient (Wildman–Crippen LogP) is 3.26. The molecule has 0 bridgehead atoms. The Morgan fingerprint density at radius 2 is 1.94 bits per heavy atom. The minimum absolute atomic E-state index is 0.0223. The molecule has 32 heavy (non-hydrogen) atoms. The number of imidazole rings is 1. The number of nitrogens with one attached hydrogen (secondary N) is 1. The number of sulfonamides is 1. The van der Waals surface area contributed by atoms with Crippen molar-refractivity contribution in [3.63, 3.8) is 0 Å². The Bertz CT molecular complexity index is 1210. The molecule has 1 N–H and O–H groups in total. The number of hydrogen-bond acceptors (Lipinski definition) is 6. The molecule has 0 radical (unpaired) electrons. The first-order chi connectivity index (χ1) is 15.4. The highest BCUT2D eigenvalue weighted by atomic mass is 32.2. The van der Waals surface area contributed by atoms with Crippen LogP contribution >= 0.6 is 0 Å². The lowest BCUT2D eigenvalue weighted by Gasteiger charge is -2.25. The molecule has 3 heterocycles. The molecule has 1 aliphatic heterocycles. The van der Waals surface area contributed by atoms with E-state index in [9.17, 15) is 13.2 Å². The van der Waals surface area contributed by atoms with Crippen LogP contribution in [0.5, 0.6) is 0 Å². The van der Waals surface area contributed by atoms with Crippen LogP contribution in [0.2, 0.25) is 0 Å². The average molecular weight is 460 g/mol. The van der Waals surface area contributed by atoms with Crippen molar-refractivity contribution < 1.29 is 17.9 Å². The molecule has 10 heteroatoms. The van der Waals surface area contributed by atoms with E-state index >= 15 is 0 Å². The van der Waals surface area contributed by atoms with Gasteiger partial charge in [-0.05, 0) is 50.5 Å². The van der Waals surface area contributed by atoms with E-state index < -0.39 is 16.0 Å². The van der Waals surface area contributed by atoms with Gasteiger partial charge in [0.05, 0.1) is 15.9 Å². The average Bonchev–Trinajstić information content (AvgIpc) is 3.42.